The number of hydrogen-bond acceptors (Lipinski definition) is 4. The van der Waals surface area contributed by atoms with Crippen molar-refractivity contribution in [1.82, 2.24) is 0 Å². The highest BCUT2D eigenvalue weighted by molar-refractivity contribution is 5.69. The summed E-state index contributed by atoms with van der Waals surface area (Å²) in [5, 5.41) is 9.02. The molecule has 0 aromatic carbocycles. The Bertz CT molecular complexity index is 579. The highest BCUT2D eigenvalue weighted by Crippen LogP contribution is 2.14. The van der Waals surface area contributed by atoms with Crippen molar-refractivity contribution >= 4 is 5.97 Å². The van der Waals surface area contributed by atoms with E-state index in [0.29, 0.717) is 32.5 Å². The standard InChI is InChI=1S/C22H32O4/c1-4-19(13-14-22(24)25-5-2)10-9-18(3)26-17-21-8-6-7-20(11-12-21)15-16-23/h4,7-12,18,23H,5-6,13-17H2,1-3H3/b10-9-,19-4+. The minimum Gasteiger partial charge on any atom is -0.466 e. The van der Waals surface area contributed by atoms with Crippen molar-refractivity contribution in [1.29, 1.82) is 0 Å². The zero-order chi connectivity index (χ0) is 19.2. The number of carbonyl (C=O) groups excluding carboxylic acids is 1. The Morgan fingerprint density at radius 1 is 1.27 bits per heavy atom. The van der Waals surface area contributed by atoms with Gasteiger partial charge in [-0.05, 0) is 51.2 Å². The number of aliphatic hydroxyl groups is 1. The van der Waals surface area contributed by atoms with Gasteiger partial charge in [0.05, 0.1) is 19.3 Å². The van der Waals surface area contributed by atoms with E-state index in [2.05, 4.69) is 18.2 Å². The monoisotopic (exact) mass is 360 g/mol. The number of ether oxygens (including phenoxy) is 2. The van der Waals surface area contributed by atoms with Gasteiger partial charge in [-0.2, -0.15) is 0 Å². The minimum atomic E-state index is -0.161. The molecule has 0 amide bonds. The summed E-state index contributed by atoms with van der Waals surface area (Å²) in [6, 6.07) is 0. The fourth-order valence-electron chi connectivity index (χ4n) is 2.48. The molecule has 1 N–H and O–H groups in total. The van der Waals surface area contributed by atoms with E-state index in [9.17, 15) is 4.79 Å². The van der Waals surface area contributed by atoms with Crippen LogP contribution in [0.4, 0.5) is 0 Å². The molecule has 1 atom stereocenters. The van der Waals surface area contributed by atoms with Gasteiger partial charge in [0.25, 0.3) is 0 Å². The lowest BCUT2D eigenvalue weighted by Gasteiger charge is -2.10. The zero-order valence-corrected chi connectivity index (χ0v) is 16.2. The van der Waals surface area contributed by atoms with E-state index in [0.717, 1.165) is 23.1 Å². The first-order chi connectivity index (χ1) is 12.6. The molecule has 0 aromatic heterocycles. The topological polar surface area (TPSA) is 55.8 Å². The predicted octanol–water partition coefficient (Wildman–Crippen LogP) is 4.43. The summed E-state index contributed by atoms with van der Waals surface area (Å²) in [6.07, 6.45) is 17.0. The van der Waals surface area contributed by atoms with Crippen LogP contribution in [0.25, 0.3) is 0 Å². The lowest BCUT2D eigenvalue weighted by atomic mass is 10.1. The van der Waals surface area contributed by atoms with Gasteiger partial charge in [0.15, 0.2) is 0 Å². The second-order valence-electron chi connectivity index (χ2n) is 6.14. The van der Waals surface area contributed by atoms with Crippen LogP contribution in [0.15, 0.2) is 59.3 Å². The highest BCUT2D eigenvalue weighted by Gasteiger charge is 2.04. The molecule has 0 saturated carbocycles. The van der Waals surface area contributed by atoms with Gasteiger partial charge in [0.1, 0.15) is 0 Å². The van der Waals surface area contributed by atoms with Crippen LogP contribution >= 0.6 is 0 Å². The highest BCUT2D eigenvalue weighted by atomic mass is 16.5. The number of rotatable bonds is 11. The molecular formula is C22H32O4. The third-order valence-corrected chi connectivity index (χ3v) is 4.06. The van der Waals surface area contributed by atoms with Crippen LogP contribution in [0.1, 0.15) is 46.5 Å². The summed E-state index contributed by atoms with van der Waals surface area (Å²) in [6.45, 7) is 6.94. The first-order valence-electron chi connectivity index (χ1n) is 9.36. The van der Waals surface area contributed by atoms with Crippen molar-refractivity contribution in [3.05, 3.63) is 59.3 Å². The molecule has 1 rings (SSSR count). The van der Waals surface area contributed by atoms with Gasteiger partial charge in [-0.3, -0.25) is 4.79 Å². The number of hydrogen-bond donors (Lipinski definition) is 1. The van der Waals surface area contributed by atoms with Gasteiger partial charge in [-0.15, -0.1) is 0 Å². The Morgan fingerprint density at radius 3 is 2.69 bits per heavy atom. The Morgan fingerprint density at radius 2 is 2.00 bits per heavy atom. The van der Waals surface area contributed by atoms with Crippen molar-refractivity contribution in [2.45, 2.75) is 52.6 Å². The van der Waals surface area contributed by atoms with Crippen molar-refractivity contribution in [3.63, 3.8) is 0 Å². The lowest BCUT2D eigenvalue weighted by Crippen LogP contribution is -2.07. The number of aliphatic hydroxyl groups excluding tert-OH is 1. The third-order valence-electron chi connectivity index (χ3n) is 4.06. The molecule has 0 fully saturated rings. The lowest BCUT2D eigenvalue weighted by molar-refractivity contribution is -0.143. The average molecular weight is 360 g/mol. The Hall–Kier alpha value is -1.91. The SMILES string of the molecule is C/C=C(\C=C/C(C)OCC1=CCC=C(CCO)C=C1)CCC(=O)OCC. The van der Waals surface area contributed by atoms with E-state index in [1.165, 1.54) is 0 Å². The van der Waals surface area contributed by atoms with Crippen molar-refractivity contribution in [2.24, 2.45) is 0 Å². The number of allylic oxidation sites excluding steroid dienone is 6. The van der Waals surface area contributed by atoms with Crippen molar-refractivity contribution < 1.29 is 19.4 Å². The van der Waals surface area contributed by atoms with E-state index in [-0.39, 0.29) is 18.7 Å². The van der Waals surface area contributed by atoms with Crippen LogP contribution in [0, 0.1) is 0 Å². The van der Waals surface area contributed by atoms with E-state index in [1.807, 2.05) is 45.1 Å². The summed E-state index contributed by atoms with van der Waals surface area (Å²) in [5.41, 5.74) is 3.40. The molecule has 1 unspecified atom stereocenters. The Balaban J connectivity index is 2.40. The fraction of sp³-hybridized carbons (Fsp3) is 0.500. The maximum Gasteiger partial charge on any atom is 0.306 e. The molecule has 1 aliphatic carbocycles. The summed E-state index contributed by atoms with van der Waals surface area (Å²) in [4.78, 5) is 11.4. The van der Waals surface area contributed by atoms with E-state index < -0.39 is 0 Å². The molecule has 1 aliphatic rings. The third kappa shape index (κ3) is 9.54. The van der Waals surface area contributed by atoms with Crippen molar-refractivity contribution in [2.75, 3.05) is 19.8 Å². The maximum absolute atomic E-state index is 11.4. The first-order valence-corrected chi connectivity index (χ1v) is 9.36. The minimum absolute atomic E-state index is 0.0185. The first kappa shape index (κ1) is 22.1. The molecule has 0 aromatic rings. The largest absolute Gasteiger partial charge is 0.466 e. The molecular weight excluding hydrogens is 328 g/mol. The van der Waals surface area contributed by atoms with Crippen LogP contribution in [0.5, 0.6) is 0 Å². The molecule has 144 valence electrons. The van der Waals surface area contributed by atoms with Crippen molar-refractivity contribution in [3.8, 4) is 0 Å². The number of carbonyl (C=O) groups is 1. The molecule has 26 heavy (non-hydrogen) atoms. The van der Waals surface area contributed by atoms with E-state index >= 15 is 0 Å². The summed E-state index contributed by atoms with van der Waals surface area (Å²) in [7, 11) is 0. The van der Waals surface area contributed by atoms with Crippen LogP contribution in [0.3, 0.4) is 0 Å². The molecule has 4 nitrogen and oxygen atoms in total. The van der Waals surface area contributed by atoms with Crippen LogP contribution in [-0.4, -0.2) is 37.0 Å². The quantitative estimate of drug-likeness (QED) is 0.437. The predicted molar refractivity (Wildman–Crippen MR) is 106 cm³/mol. The van der Waals surface area contributed by atoms with E-state index in [4.69, 9.17) is 14.6 Å². The van der Waals surface area contributed by atoms with Crippen LogP contribution in [0.2, 0.25) is 0 Å². The second-order valence-corrected chi connectivity index (χ2v) is 6.14. The Kier molecular flexibility index (Phi) is 11.3. The summed E-state index contributed by atoms with van der Waals surface area (Å²) < 4.78 is 10.8. The molecule has 0 spiro atoms. The molecule has 0 saturated heterocycles. The molecule has 0 heterocycles. The van der Waals surface area contributed by atoms with Gasteiger partial charge < -0.3 is 14.6 Å². The smallest absolute Gasteiger partial charge is 0.306 e. The van der Waals surface area contributed by atoms with Gasteiger partial charge in [0, 0.05) is 13.0 Å². The molecule has 0 aliphatic heterocycles. The maximum atomic E-state index is 11.4. The average Bonchev–Trinajstić information content (AvgIpc) is 2.86. The van der Waals surface area contributed by atoms with Crippen LogP contribution in [-0.2, 0) is 14.3 Å². The fourth-order valence-corrected chi connectivity index (χ4v) is 2.48. The summed E-state index contributed by atoms with van der Waals surface area (Å²) in [5.74, 6) is -0.161. The van der Waals surface area contributed by atoms with Crippen LogP contribution < -0.4 is 0 Å². The van der Waals surface area contributed by atoms with Gasteiger partial charge in [-0.1, -0.05) is 48.1 Å². The number of esters is 1. The summed E-state index contributed by atoms with van der Waals surface area (Å²) >= 11 is 0. The normalized spacial score (nSPS) is 16.2. The Labute approximate surface area is 157 Å². The molecule has 0 radical (unpaired) electrons. The molecule has 0 bridgehead atoms. The second kappa shape index (κ2) is 13.3. The van der Waals surface area contributed by atoms with Gasteiger partial charge in [0.2, 0.25) is 0 Å². The van der Waals surface area contributed by atoms with Gasteiger partial charge >= 0.3 is 5.97 Å². The molecule has 4 heteroatoms. The van der Waals surface area contributed by atoms with E-state index in [1.54, 1.807) is 0 Å². The zero-order valence-electron chi connectivity index (χ0n) is 16.2. The van der Waals surface area contributed by atoms with Gasteiger partial charge in [-0.25, -0.2) is 0 Å².